The summed E-state index contributed by atoms with van der Waals surface area (Å²) in [6, 6.07) is 7.24. The number of ether oxygens (including phenoxy) is 1. The zero-order chi connectivity index (χ0) is 14.5. The van der Waals surface area contributed by atoms with Gasteiger partial charge in [0.05, 0.1) is 7.11 Å². The third-order valence-corrected chi connectivity index (χ3v) is 4.47. The molecular weight excluding hydrogens is 268 g/mol. The Hall–Kier alpha value is -1.44. The highest BCUT2D eigenvalue weighted by atomic mass is 32.2. The molecule has 0 saturated heterocycles. The summed E-state index contributed by atoms with van der Waals surface area (Å²) < 4.78 is 30.5. The van der Waals surface area contributed by atoms with Gasteiger partial charge in [0.2, 0.25) is 10.0 Å². The first-order valence-electron chi connectivity index (χ1n) is 5.75. The first-order valence-corrected chi connectivity index (χ1v) is 7.30. The van der Waals surface area contributed by atoms with Gasteiger partial charge in [-0.25, -0.2) is 13.1 Å². The standard InChI is InChI=1S/C12H18N2O4S/c1-9(12(15)18-2)19(16,17)14-8-11-6-4-3-5-10(11)7-13/h3-6,9,14H,7-8,13H2,1-2H3. The van der Waals surface area contributed by atoms with Gasteiger partial charge in [-0.2, -0.15) is 0 Å². The van der Waals surface area contributed by atoms with Gasteiger partial charge in [0.15, 0.2) is 5.25 Å². The normalized spacial score (nSPS) is 13.0. The molecule has 6 nitrogen and oxygen atoms in total. The second-order valence-corrected chi connectivity index (χ2v) is 6.09. The molecule has 0 fully saturated rings. The van der Waals surface area contributed by atoms with E-state index in [1.54, 1.807) is 12.1 Å². The fourth-order valence-corrected chi connectivity index (χ4v) is 2.48. The smallest absolute Gasteiger partial charge is 0.325 e. The van der Waals surface area contributed by atoms with Crippen molar-refractivity contribution in [2.45, 2.75) is 25.3 Å². The molecule has 19 heavy (non-hydrogen) atoms. The van der Waals surface area contributed by atoms with Gasteiger partial charge >= 0.3 is 5.97 Å². The summed E-state index contributed by atoms with van der Waals surface area (Å²) in [5.74, 6) is -0.792. The van der Waals surface area contributed by atoms with E-state index in [-0.39, 0.29) is 6.54 Å². The topological polar surface area (TPSA) is 98.5 Å². The maximum Gasteiger partial charge on any atom is 0.325 e. The van der Waals surface area contributed by atoms with Crippen LogP contribution < -0.4 is 10.5 Å². The van der Waals surface area contributed by atoms with Crippen LogP contribution in [0.3, 0.4) is 0 Å². The van der Waals surface area contributed by atoms with E-state index in [1.165, 1.54) is 6.92 Å². The molecule has 1 atom stereocenters. The summed E-state index contributed by atoms with van der Waals surface area (Å²) >= 11 is 0. The Morgan fingerprint density at radius 2 is 1.95 bits per heavy atom. The third kappa shape index (κ3) is 4.02. The monoisotopic (exact) mass is 286 g/mol. The number of sulfonamides is 1. The predicted molar refractivity (Wildman–Crippen MR) is 71.6 cm³/mol. The van der Waals surface area contributed by atoms with Crippen LogP contribution in [0.15, 0.2) is 24.3 Å². The Kier molecular flexibility index (Phi) is 5.46. The van der Waals surface area contributed by atoms with Crippen LogP contribution in [0.2, 0.25) is 0 Å². The van der Waals surface area contributed by atoms with Crippen molar-refractivity contribution in [3.63, 3.8) is 0 Å². The lowest BCUT2D eigenvalue weighted by molar-refractivity contribution is -0.139. The van der Waals surface area contributed by atoms with Crippen molar-refractivity contribution >= 4 is 16.0 Å². The van der Waals surface area contributed by atoms with Crippen LogP contribution in [0, 0.1) is 0 Å². The maximum atomic E-state index is 11.9. The molecule has 106 valence electrons. The minimum Gasteiger partial charge on any atom is -0.468 e. The van der Waals surface area contributed by atoms with Crippen LogP contribution in [-0.4, -0.2) is 26.7 Å². The fourth-order valence-electron chi connectivity index (χ4n) is 1.53. The number of rotatable bonds is 6. The number of carbonyl (C=O) groups excluding carboxylic acids is 1. The second kappa shape index (κ2) is 6.65. The average molecular weight is 286 g/mol. The van der Waals surface area contributed by atoms with Gasteiger partial charge in [-0.15, -0.1) is 0 Å². The van der Waals surface area contributed by atoms with Crippen molar-refractivity contribution in [3.8, 4) is 0 Å². The SMILES string of the molecule is COC(=O)C(C)S(=O)(=O)NCc1ccccc1CN. The minimum absolute atomic E-state index is 0.0943. The number of methoxy groups -OCH3 is 1. The number of carbonyl (C=O) groups is 1. The van der Waals surface area contributed by atoms with Crippen molar-refractivity contribution in [1.82, 2.24) is 4.72 Å². The van der Waals surface area contributed by atoms with Crippen LogP contribution in [0.4, 0.5) is 0 Å². The summed E-state index contributed by atoms with van der Waals surface area (Å²) in [6.45, 7) is 1.70. The molecule has 1 unspecified atom stereocenters. The number of hydrogen-bond donors (Lipinski definition) is 2. The Labute approximate surface area is 113 Å². The average Bonchev–Trinajstić information content (AvgIpc) is 2.43. The lowest BCUT2D eigenvalue weighted by Gasteiger charge is -2.13. The van der Waals surface area contributed by atoms with Crippen molar-refractivity contribution in [2.75, 3.05) is 7.11 Å². The Bertz CT molecular complexity index is 542. The molecule has 1 rings (SSSR count). The zero-order valence-corrected chi connectivity index (χ0v) is 11.7. The molecule has 0 amide bonds. The van der Waals surface area contributed by atoms with E-state index in [0.717, 1.165) is 18.2 Å². The van der Waals surface area contributed by atoms with Gasteiger partial charge in [0.1, 0.15) is 0 Å². The molecule has 0 saturated carbocycles. The summed E-state index contributed by atoms with van der Waals surface area (Å²) in [5, 5.41) is -1.25. The van der Waals surface area contributed by atoms with Gasteiger partial charge in [0.25, 0.3) is 0 Å². The summed E-state index contributed by atoms with van der Waals surface area (Å²) in [6.07, 6.45) is 0. The highest BCUT2D eigenvalue weighted by molar-refractivity contribution is 7.90. The molecule has 0 aromatic heterocycles. The number of nitrogens with two attached hydrogens (primary N) is 1. The van der Waals surface area contributed by atoms with Gasteiger partial charge in [0, 0.05) is 13.1 Å². The van der Waals surface area contributed by atoms with Crippen LogP contribution in [0.1, 0.15) is 18.1 Å². The van der Waals surface area contributed by atoms with Gasteiger partial charge in [-0.3, -0.25) is 4.79 Å². The molecule has 0 aliphatic heterocycles. The Balaban J connectivity index is 2.78. The maximum absolute atomic E-state index is 11.9. The van der Waals surface area contributed by atoms with E-state index in [2.05, 4.69) is 9.46 Å². The van der Waals surface area contributed by atoms with E-state index in [4.69, 9.17) is 5.73 Å². The van der Waals surface area contributed by atoms with E-state index in [9.17, 15) is 13.2 Å². The van der Waals surface area contributed by atoms with Crippen LogP contribution in [-0.2, 0) is 32.6 Å². The molecule has 1 aromatic carbocycles. The third-order valence-electron chi connectivity index (χ3n) is 2.80. The molecule has 3 N–H and O–H groups in total. The number of nitrogens with one attached hydrogen (secondary N) is 1. The molecule has 0 spiro atoms. The molecule has 0 heterocycles. The van der Waals surface area contributed by atoms with Crippen molar-refractivity contribution < 1.29 is 17.9 Å². The molecule has 0 aliphatic carbocycles. The van der Waals surface area contributed by atoms with Crippen LogP contribution in [0.25, 0.3) is 0 Å². The van der Waals surface area contributed by atoms with E-state index < -0.39 is 21.2 Å². The molecule has 0 aliphatic rings. The van der Waals surface area contributed by atoms with Gasteiger partial charge < -0.3 is 10.5 Å². The lowest BCUT2D eigenvalue weighted by atomic mass is 10.1. The van der Waals surface area contributed by atoms with E-state index in [0.29, 0.717) is 6.54 Å². The number of hydrogen-bond acceptors (Lipinski definition) is 5. The summed E-state index contributed by atoms with van der Waals surface area (Å²) in [4.78, 5) is 11.2. The largest absolute Gasteiger partial charge is 0.468 e. The quantitative estimate of drug-likeness (QED) is 0.724. The first kappa shape index (κ1) is 15.6. The Morgan fingerprint density at radius 3 is 2.47 bits per heavy atom. The summed E-state index contributed by atoms with van der Waals surface area (Å²) in [5.41, 5.74) is 7.21. The van der Waals surface area contributed by atoms with E-state index >= 15 is 0 Å². The Morgan fingerprint density at radius 1 is 1.37 bits per heavy atom. The molecule has 0 bridgehead atoms. The number of esters is 1. The zero-order valence-electron chi connectivity index (χ0n) is 10.9. The summed E-state index contributed by atoms with van der Waals surface area (Å²) in [7, 11) is -2.61. The fraction of sp³-hybridized carbons (Fsp3) is 0.417. The van der Waals surface area contributed by atoms with Crippen molar-refractivity contribution in [3.05, 3.63) is 35.4 Å². The second-order valence-electron chi connectivity index (χ2n) is 4.00. The van der Waals surface area contributed by atoms with Crippen molar-refractivity contribution in [2.24, 2.45) is 5.73 Å². The predicted octanol–water partition coefficient (Wildman–Crippen LogP) is 0.126. The lowest BCUT2D eigenvalue weighted by Crippen LogP contribution is -2.38. The molecule has 1 aromatic rings. The van der Waals surface area contributed by atoms with Crippen LogP contribution >= 0.6 is 0 Å². The minimum atomic E-state index is -3.76. The van der Waals surface area contributed by atoms with E-state index in [1.807, 2.05) is 12.1 Å². The number of benzene rings is 1. The molecule has 7 heteroatoms. The highest BCUT2D eigenvalue weighted by Gasteiger charge is 2.28. The molecular formula is C12H18N2O4S. The highest BCUT2D eigenvalue weighted by Crippen LogP contribution is 2.09. The van der Waals surface area contributed by atoms with Gasteiger partial charge in [-0.1, -0.05) is 24.3 Å². The van der Waals surface area contributed by atoms with Gasteiger partial charge in [-0.05, 0) is 18.1 Å². The van der Waals surface area contributed by atoms with Crippen LogP contribution in [0.5, 0.6) is 0 Å². The first-order chi connectivity index (χ1) is 8.92. The molecule has 0 radical (unpaired) electrons. The van der Waals surface area contributed by atoms with Crippen molar-refractivity contribution in [1.29, 1.82) is 0 Å².